The summed E-state index contributed by atoms with van der Waals surface area (Å²) in [6, 6.07) is 6.36. The third-order valence-electron chi connectivity index (χ3n) is 4.91. The number of rotatable bonds is 8. The second-order valence-electron chi connectivity index (χ2n) is 7.29. The standard InChI is InChI=1S/C20H30N6O2.HI/c1-25(2)19(27)15-23-20(21-11-9-18-8-5-13-28-18)22-14-16-10-12-26(24-16)17-6-3-4-7-17;/h5,8,10,12-13,17H,3-4,6-7,9,11,14-15H2,1-2H3,(H2,21,22,23);1H. The average Bonchev–Trinajstić information content (AvgIpc) is 3.45. The molecule has 3 rings (SSSR count). The van der Waals surface area contributed by atoms with Crippen LogP contribution in [0, 0.1) is 0 Å². The van der Waals surface area contributed by atoms with Gasteiger partial charge in [0.1, 0.15) is 5.76 Å². The van der Waals surface area contributed by atoms with E-state index in [-0.39, 0.29) is 36.4 Å². The van der Waals surface area contributed by atoms with Gasteiger partial charge < -0.3 is 20.0 Å². The largest absolute Gasteiger partial charge is 0.469 e. The first-order chi connectivity index (χ1) is 13.6. The maximum atomic E-state index is 11.9. The SMILES string of the molecule is CN(C)C(=O)CNC(=NCc1ccn(C2CCCC2)n1)NCCc1ccco1.I. The third-order valence-corrected chi connectivity index (χ3v) is 4.91. The van der Waals surface area contributed by atoms with Crippen molar-refractivity contribution in [2.24, 2.45) is 4.99 Å². The van der Waals surface area contributed by atoms with Gasteiger partial charge in [0.2, 0.25) is 5.91 Å². The predicted octanol–water partition coefficient (Wildman–Crippen LogP) is 2.58. The van der Waals surface area contributed by atoms with E-state index in [1.807, 2.05) is 24.4 Å². The fourth-order valence-electron chi connectivity index (χ4n) is 3.24. The third kappa shape index (κ3) is 7.37. The minimum Gasteiger partial charge on any atom is -0.469 e. The Hall–Kier alpha value is -2.04. The van der Waals surface area contributed by atoms with Crippen LogP contribution in [0.3, 0.4) is 0 Å². The maximum Gasteiger partial charge on any atom is 0.241 e. The lowest BCUT2D eigenvalue weighted by molar-refractivity contribution is -0.127. The van der Waals surface area contributed by atoms with Crippen molar-refractivity contribution < 1.29 is 9.21 Å². The number of amides is 1. The van der Waals surface area contributed by atoms with Crippen LogP contribution < -0.4 is 10.6 Å². The Morgan fingerprint density at radius 1 is 1.31 bits per heavy atom. The molecule has 160 valence electrons. The van der Waals surface area contributed by atoms with Crippen LogP contribution in [0.5, 0.6) is 0 Å². The van der Waals surface area contributed by atoms with Gasteiger partial charge in [-0.1, -0.05) is 12.8 Å². The average molecular weight is 514 g/mol. The van der Waals surface area contributed by atoms with E-state index in [1.54, 1.807) is 25.3 Å². The number of carbonyl (C=O) groups is 1. The predicted molar refractivity (Wildman–Crippen MR) is 123 cm³/mol. The van der Waals surface area contributed by atoms with Crippen LogP contribution in [0.2, 0.25) is 0 Å². The number of hydrogen-bond donors (Lipinski definition) is 2. The highest BCUT2D eigenvalue weighted by atomic mass is 127. The van der Waals surface area contributed by atoms with Gasteiger partial charge in [0.25, 0.3) is 0 Å². The van der Waals surface area contributed by atoms with E-state index in [0.717, 1.165) is 17.9 Å². The molecule has 8 nitrogen and oxygen atoms in total. The van der Waals surface area contributed by atoms with Crippen molar-refractivity contribution in [2.75, 3.05) is 27.2 Å². The summed E-state index contributed by atoms with van der Waals surface area (Å²) in [5, 5.41) is 11.0. The van der Waals surface area contributed by atoms with E-state index in [2.05, 4.69) is 25.4 Å². The van der Waals surface area contributed by atoms with Crippen molar-refractivity contribution in [1.29, 1.82) is 0 Å². The van der Waals surface area contributed by atoms with Gasteiger partial charge >= 0.3 is 0 Å². The van der Waals surface area contributed by atoms with Crippen molar-refractivity contribution in [1.82, 2.24) is 25.3 Å². The Morgan fingerprint density at radius 2 is 2.10 bits per heavy atom. The molecule has 0 atom stereocenters. The number of carbonyl (C=O) groups excluding carboxylic acids is 1. The summed E-state index contributed by atoms with van der Waals surface area (Å²) in [4.78, 5) is 18.0. The molecule has 9 heteroatoms. The van der Waals surface area contributed by atoms with Gasteiger partial charge in [-0.05, 0) is 31.0 Å². The van der Waals surface area contributed by atoms with E-state index in [9.17, 15) is 4.79 Å². The number of aromatic nitrogens is 2. The zero-order chi connectivity index (χ0) is 19.8. The molecule has 1 amide bonds. The summed E-state index contributed by atoms with van der Waals surface area (Å²) in [6.45, 7) is 1.31. The quantitative estimate of drug-likeness (QED) is 0.321. The van der Waals surface area contributed by atoms with Crippen LogP contribution in [-0.2, 0) is 17.8 Å². The molecule has 0 spiro atoms. The molecule has 2 heterocycles. The first-order valence-electron chi connectivity index (χ1n) is 9.90. The fourth-order valence-corrected chi connectivity index (χ4v) is 3.24. The number of guanidine groups is 1. The number of nitrogens with one attached hydrogen (secondary N) is 2. The molecule has 1 fully saturated rings. The molecule has 0 bridgehead atoms. The smallest absolute Gasteiger partial charge is 0.241 e. The summed E-state index contributed by atoms with van der Waals surface area (Å²) in [6.07, 6.45) is 9.44. The number of furan rings is 1. The molecule has 2 aromatic rings. The van der Waals surface area contributed by atoms with Gasteiger partial charge in [-0.2, -0.15) is 5.10 Å². The summed E-state index contributed by atoms with van der Waals surface area (Å²) in [5.74, 6) is 1.50. The molecule has 1 aliphatic rings. The highest BCUT2D eigenvalue weighted by molar-refractivity contribution is 14.0. The minimum atomic E-state index is -0.00829. The zero-order valence-electron chi connectivity index (χ0n) is 17.1. The lowest BCUT2D eigenvalue weighted by Crippen LogP contribution is -2.43. The van der Waals surface area contributed by atoms with Crippen LogP contribution >= 0.6 is 24.0 Å². The molecule has 2 aromatic heterocycles. The number of aliphatic imine (C=N–C) groups is 1. The summed E-state index contributed by atoms with van der Waals surface area (Å²) >= 11 is 0. The molecule has 0 radical (unpaired) electrons. The van der Waals surface area contributed by atoms with Crippen molar-refractivity contribution >= 4 is 35.8 Å². The lowest BCUT2D eigenvalue weighted by atomic mass is 10.3. The number of halogens is 1. The Kier molecular flexibility index (Phi) is 9.49. The summed E-state index contributed by atoms with van der Waals surface area (Å²) < 4.78 is 7.43. The molecule has 0 aromatic carbocycles. The number of likely N-dealkylation sites (N-methyl/N-ethyl adjacent to an activating group) is 1. The minimum absolute atomic E-state index is 0. The lowest BCUT2D eigenvalue weighted by Gasteiger charge is -2.14. The molecule has 2 N–H and O–H groups in total. The van der Waals surface area contributed by atoms with E-state index in [0.29, 0.717) is 25.1 Å². The van der Waals surface area contributed by atoms with E-state index in [1.165, 1.54) is 25.7 Å². The van der Waals surface area contributed by atoms with Crippen molar-refractivity contribution in [2.45, 2.75) is 44.7 Å². The van der Waals surface area contributed by atoms with Crippen LogP contribution in [-0.4, -0.2) is 53.7 Å². The molecule has 0 saturated heterocycles. The summed E-state index contributed by atoms with van der Waals surface area (Å²) in [5.41, 5.74) is 0.929. The van der Waals surface area contributed by atoms with Crippen LogP contribution in [0.15, 0.2) is 40.1 Å². The van der Waals surface area contributed by atoms with Crippen molar-refractivity contribution in [3.63, 3.8) is 0 Å². The van der Waals surface area contributed by atoms with Crippen LogP contribution in [0.25, 0.3) is 0 Å². The highest BCUT2D eigenvalue weighted by Gasteiger charge is 2.17. The fraction of sp³-hybridized carbons (Fsp3) is 0.550. The highest BCUT2D eigenvalue weighted by Crippen LogP contribution is 2.28. The molecule has 0 aliphatic heterocycles. The van der Waals surface area contributed by atoms with Gasteiger partial charge in [0, 0.05) is 33.3 Å². The Labute approximate surface area is 189 Å². The Bertz CT molecular complexity index is 766. The van der Waals surface area contributed by atoms with E-state index >= 15 is 0 Å². The van der Waals surface area contributed by atoms with E-state index in [4.69, 9.17) is 4.42 Å². The van der Waals surface area contributed by atoms with Crippen molar-refractivity contribution in [3.05, 3.63) is 42.1 Å². The van der Waals surface area contributed by atoms with Gasteiger partial charge in [-0.25, -0.2) is 4.99 Å². The normalized spacial score (nSPS) is 14.5. The topological polar surface area (TPSA) is 87.7 Å². The first kappa shape index (κ1) is 23.2. The molecular weight excluding hydrogens is 483 g/mol. The maximum absolute atomic E-state index is 11.9. The van der Waals surface area contributed by atoms with Crippen molar-refractivity contribution in [3.8, 4) is 0 Å². The molecular formula is C20H31IN6O2. The van der Waals surface area contributed by atoms with Gasteiger partial charge in [-0.15, -0.1) is 24.0 Å². The Morgan fingerprint density at radius 3 is 2.79 bits per heavy atom. The van der Waals surface area contributed by atoms with Gasteiger partial charge in [0.05, 0.1) is 31.1 Å². The van der Waals surface area contributed by atoms with Gasteiger partial charge in [0.15, 0.2) is 5.96 Å². The number of hydrogen-bond acceptors (Lipinski definition) is 4. The van der Waals surface area contributed by atoms with Gasteiger partial charge in [-0.3, -0.25) is 9.48 Å². The monoisotopic (exact) mass is 514 g/mol. The zero-order valence-corrected chi connectivity index (χ0v) is 19.5. The summed E-state index contributed by atoms with van der Waals surface area (Å²) in [7, 11) is 3.47. The van der Waals surface area contributed by atoms with E-state index < -0.39 is 0 Å². The molecule has 29 heavy (non-hydrogen) atoms. The van der Waals surface area contributed by atoms with Crippen LogP contribution in [0.4, 0.5) is 0 Å². The molecule has 1 saturated carbocycles. The molecule has 1 aliphatic carbocycles. The van der Waals surface area contributed by atoms with Crippen LogP contribution in [0.1, 0.15) is 43.2 Å². The first-order valence-corrected chi connectivity index (χ1v) is 9.90. The second-order valence-corrected chi connectivity index (χ2v) is 7.29. The number of nitrogens with zero attached hydrogens (tertiary/aromatic N) is 4. The Balaban J connectivity index is 0.00000300. The molecule has 0 unspecified atom stereocenters. The second kappa shape index (κ2) is 11.8.